The molecule has 0 aliphatic heterocycles. The third-order valence-electron chi connectivity index (χ3n) is 6.58. The van der Waals surface area contributed by atoms with Gasteiger partial charge in [0.2, 0.25) is 5.89 Å². The molecule has 0 saturated heterocycles. The summed E-state index contributed by atoms with van der Waals surface area (Å²) in [5.74, 6) is 2.21. The molecule has 1 saturated carbocycles. The molecule has 0 bridgehead atoms. The van der Waals surface area contributed by atoms with Crippen molar-refractivity contribution in [3.63, 3.8) is 0 Å². The lowest BCUT2D eigenvalue weighted by atomic mass is 9.73. The van der Waals surface area contributed by atoms with Crippen molar-refractivity contribution in [2.45, 2.75) is 44.2 Å². The Kier molecular flexibility index (Phi) is 9.46. The summed E-state index contributed by atoms with van der Waals surface area (Å²) in [6.45, 7) is 1.88. The van der Waals surface area contributed by atoms with Crippen LogP contribution in [-0.2, 0) is 16.9 Å². The minimum absolute atomic E-state index is 0.118. The fourth-order valence-electron chi connectivity index (χ4n) is 4.73. The molecule has 1 aliphatic rings. The number of para-hydroxylation sites is 1. The maximum Gasteiger partial charge on any atom is 0.290 e. The highest BCUT2D eigenvalue weighted by molar-refractivity contribution is 5.32. The second-order valence-corrected chi connectivity index (χ2v) is 9.68. The van der Waals surface area contributed by atoms with Crippen molar-refractivity contribution in [3.8, 4) is 5.75 Å². The average Bonchev–Trinajstić information content (AvgIpc) is 3.34. The van der Waals surface area contributed by atoms with E-state index < -0.39 is 5.60 Å². The minimum atomic E-state index is -1.19. The number of likely N-dealkylation sites (N-methyl/N-ethyl adjacent to an activating group) is 1. The van der Waals surface area contributed by atoms with Gasteiger partial charge in [-0.2, -0.15) is 0 Å². The topological polar surface area (TPSA) is 92.8 Å². The Morgan fingerprint density at radius 3 is 2.29 bits per heavy atom. The van der Waals surface area contributed by atoms with Crippen molar-refractivity contribution in [1.82, 2.24) is 4.98 Å². The molecular formula is C28H37N2O5+. The summed E-state index contributed by atoms with van der Waals surface area (Å²) in [6, 6.07) is 19.8. The number of oxazole rings is 1. The van der Waals surface area contributed by atoms with Crippen LogP contribution in [-0.4, -0.2) is 53.4 Å². The molecule has 2 N–H and O–H groups in total. The van der Waals surface area contributed by atoms with Gasteiger partial charge in [0.05, 0.1) is 20.3 Å². The zero-order valence-corrected chi connectivity index (χ0v) is 20.7. The van der Waals surface area contributed by atoms with Crippen LogP contribution in [0.25, 0.3) is 0 Å². The number of rotatable bonds is 9. The molecule has 188 valence electrons. The second-order valence-electron chi connectivity index (χ2n) is 9.68. The van der Waals surface area contributed by atoms with E-state index in [2.05, 4.69) is 19.1 Å². The smallest absolute Gasteiger partial charge is 0.290 e. The molecule has 1 heterocycles. The number of ether oxygens (including phenoxy) is 1. The molecule has 1 unspecified atom stereocenters. The number of quaternary nitrogens is 1. The first-order valence-electron chi connectivity index (χ1n) is 12.2. The lowest BCUT2D eigenvalue weighted by molar-refractivity contribution is -0.904. The van der Waals surface area contributed by atoms with Crippen molar-refractivity contribution in [3.05, 3.63) is 84.1 Å². The first-order chi connectivity index (χ1) is 16.9. The van der Waals surface area contributed by atoms with Gasteiger partial charge in [0.25, 0.3) is 6.47 Å². The molecule has 3 aromatic rings. The fourth-order valence-corrected chi connectivity index (χ4v) is 4.73. The van der Waals surface area contributed by atoms with E-state index in [-0.39, 0.29) is 12.4 Å². The zero-order valence-electron chi connectivity index (χ0n) is 20.7. The number of carboxylic acid groups (broad SMARTS) is 1. The molecule has 2 aromatic carbocycles. The number of carbonyl (C=O) groups is 1. The van der Waals surface area contributed by atoms with Crippen LogP contribution in [0.3, 0.4) is 0 Å². The Morgan fingerprint density at radius 1 is 1.06 bits per heavy atom. The predicted octanol–water partition coefficient (Wildman–Crippen LogP) is 4.85. The molecule has 35 heavy (non-hydrogen) atoms. The maximum atomic E-state index is 12.0. The number of aromatic nitrogens is 1. The van der Waals surface area contributed by atoms with Crippen LogP contribution in [0.4, 0.5) is 0 Å². The second kappa shape index (κ2) is 12.5. The molecular weight excluding hydrogens is 444 g/mol. The van der Waals surface area contributed by atoms with E-state index in [1.807, 2.05) is 60.7 Å². The van der Waals surface area contributed by atoms with E-state index in [1.165, 1.54) is 6.42 Å². The number of nitrogens with zero attached hydrogens (tertiary/aromatic N) is 2. The van der Waals surface area contributed by atoms with Gasteiger partial charge in [0.1, 0.15) is 25.4 Å². The number of hydrogen-bond acceptors (Lipinski definition) is 5. The standard InChI is InChI=1S/C27H35N2O3.CH2O2/c1-29(2,18-19-31-24-16-10-5-11-17-24)21-25-20-28-26(32-25)27(30,22-12-6-3-7-13-22)23-14-8-4-9-15-23;2-1-3/h3,5-7,10-13,16-17,20,23,30H,4,8-9,14-15,18-19,21H2,1-2H3;1H,(H,2,3)/q+1;. The Morgan fingerprint density at radius 2 is 1.66 bits per heavy atom. The summed E-state index contributed by atoms with van der Waals surface area (Å²) < 4.78 is 12.8. The van der Waals surface area contributed by atoms with E-state index >= 15 is 0 Å². The minimum Gasteiger partial charge on any atom is -0.488 e. The summed E-state index contributed by atoms with van der Waals surface area (Å²) in [6.07, 6.45) is 7.26. The molecule has 0 amide bonds. The van der Waals surface area contributed by atoms with Crippen molar-refractivity contribution in [2.24, 2.45) is 5.92 Å². The third-order valence-corrected chi connectivity index (χ3v) is 6.58. The quantitative estimate of drug-likeness (QED) is 0.335. The molecule has 7 nitrogen and oxygen atoms in total. The van der Waals surface area contributed by atoms with Gasteiger partial charge in [-0.1, -0.05) is 67.8 Å². The molecule has 1 fully saturated rings. The van der Waals surface area contributed by atoms with Gasteiger partial charge in [-0.05, 0) is 30.5 Å². The maximum absolute atomic E-state index is 12.0. The van der Waals surface area contributed by atoms with E-state index in [0.29, 0.717) is 23.5 Å². The van der Waals surface area contributed by atoms with Crippen LogP contribution >= 0.6 is 0 Å². The fraction of sp³-hybridized carbons (Fsp3) is 0.429. The molecule has 1 aromatic heterocycles. The Hall–Kier alpha value is -3.16. The normalized spacial score (nSPS) is 16.0. The molecule has 0 spiro atoms. The van der Waals surface area contributed by atoms with E-state index in [0.717, 1.165) is 49.3 Å². The first kappa shape index (κ1) is 26.4. The van der Waals surface area contributed by atoms with Gasteiger partial charge in [-0.3, -0.25) is 4.79 Å². The molecule has 1 atom stereocenters. The SMILES string of the molecule is C[N+](C)(CCOc1ccccc1)Cc1cnc(C(O)(c2ccccc2)C2CCCCC2)o1.O=CO. The highest BCUT2D eigenvalue weighted by Crippen LogP contribution is 2.43. The van der Waals surface area contributed by atoms with E-state index in [1.54, 1.807) is 6.20 Å². The van der Waals surface area contributed by atoms with Gasteiger partial charge < -0.3 is 23.9 Å². The van der Waals surface area contributed by atoms with Gasteiger partial charge in [0.15, 0.2) is 11.4 Å². The number of benzene rings is 2. The highest BCUT2D eigenvalue weighted by Gasteiger charge is 2.44. The van der Waals surface area contributed by atoms with Crippen molar-refractivity contribution in [1.29, 1.82) is 0 Å². The number of aliphatic hydroxyl groups is 1. The van der Waals surface area contributed by atoms with E-state index in [4.69, 9.17) is 19.1 Å². The summed E-state index contributed by atoms with van der Waals surface area (Å²) in [5, 5.41) is 18.9. The Balaban J connectivity index is 0.00000108. The monoisotopic (exact) mass is 481 g/mol. The Labute approximate surface area is 207 Å². The van der Waals surface area contributed by atoms with Crippen molar-refractivity contribution < 1.29 is 28.6 Å². The predicted molar refractivity (Wildman–Crippen MR) is 134 cm³/mol. The van der Waals surface area contributed by atoms with Crippen LogP contribution in [0.5, 0.6) is 5.75 Å². The van der Waals surface area contributed by atoms with Crippen LogP contribution < -0.4 is 4.74 Å². The summed E-state index contributed by atoms with van der Waals surface area (Å²) >= 11 is 0. The first-order valence-corrected chi connectivity index (χ1v) is 12.2. The van der Waals surface area contributed by atoms with E-state index in [9.17, 15) is 5.11 Å². The highest BCUT2D eigenvalue weighted by atomic mass is 16.5. The van der Waals surface area contributed by atoms with Crippen molar-refractivity contribution in [2.75, 3.05) is 27.2 Å². The summed E-state index contributed by atoms with van der Waals surface area (Å²) in [4.78, 5) is 13.0. The largest absolute Gasteiger partial charge is 0.488 e. The summed E-state index contributed by atoms with van der Waals surface area (Å²) in [7, 11) is 4.31. The molecule has 0 radical (unpaired) electrons. The lowest BCUT2D eigenvalue weighted by Crippen LogP contribution is -2.42. The zero-order chi connectivity index (χ0) is 25.2. The third kappa shape index (κ3) is 7.16. The van der Waals surface area contributed by atoms with Crippen LogP contribution in [0, 0.1) is 5.92 Å². The van der Waals surface area contributed by atoms with Gasteiger partial charge in [-0.15, -0.1) is 0 Å². The van der Waals surface area contributed by atoms with Crippen LogP contribution in [0.15, 0.2) is 71.3 Å². The summed E-state index contributed by atoms with van der Waals surface area (Å²) in [5.41, 5.74) is -0.321. The molecule has 7 heteroatoms. The molecule has 1 aliphatic carbocycles. The molecule has 4 rings (SSSR count). The Bertz CT molecular complexity index is 1020. The number of hydrogen-bond donors (Lipinski definition) is 2. The van der Waals surface area contributed by atoms with Crippen LogP contribution in [0.2, 0.25) is 0 Å². The average molecular weight is 482 g/mol. The van der Waals surface area contributed by atoms with Gasteiger partial charge >= 0.3 is 0 Å². The van der Waals surface area contributed by atoms with Crippen LogP contribution in [0.1, 0.15) is 49.3 Å². The van der Waals surface area contributed by atoms with Gasteiger partial charge in [0, 0.05) is 5.92 Å². The van der Waals surface area contributed by atoms with Crippen molar-refractivity contribution >= 4 is 6.47 Å². The lowest BCUT2D eigenvalue weighted by Gasteiger charge is -2.36. The van der Waals surface area contributed by atoms with Gasteiger partial charge in [-0.25, -0.2) is 4.98 Å².